The fourth-order valence-electron chi connectivity index (χ4n) is 2.80. The lowest BCUT2D eigenvalue weighted by Crippen LogP contribution is -2.26. The van der Waals surface area contributed by atoms with Crippen LogP contribution in [0.5, 0.6) is 0 Å². The van der Waals surface area contributed by atoms with Crippen molar-refractivity contribution >= 4 is 22.8 Å². The molecule has 0 fully saturated rings. The lowest BCUT2D eigenvalue weighted by molar-refractivity contribution is 0.0786. The first kappa shape index (κ1) is 16.8. The van der Waals surface area contributed by atoms with Crippen LogP contribution in [0, 0.1) is 6.92 Å². The van der Waals surface area contributed by atoms with Crippen molar-refractivity contribution in [3.05, 3.63) is 59.0 Å². The van der Waals surface area contributed by atoms with Gasteiger partial charge in [-0.3, -0.25) is 9.78 Å². The summed E-state index contributed by atoms with van der Waals surface area (Å²) in [6, 6.07) is 7.93. The van der Waals surface area contributed by atoms with E-state index in [0.717, 1.165) is 28.6 Å². The number of aromatic nitrogens is 3. The number of fused-ring (bicyclic) bond motifs is 1. The van der Waals surface area contributed by atoms with Gasteiger partial charge in [0, 0.05) is 42.6 Å². The van der Waals surface area contributed by atoms with E-state index in [4.69, 9.17) is 5.73 Å². The maximum absolute atomic E-state index is 13.0. The van der Waals surface area contributed by atoms with Gasteiger partial charge >= 0.3 is 0 Å². The van der Waals surface area contributed by atoms with E-state index < -0.39 is 0 Å². The molecule has 0 bridgehead atoms. The van der Waals surface area contributed by atoms with Gasteiger partial charge in [-0.25, -0.2) is 9.97 Å². The standard InChI is InChI=1S/C19H21N5O/c1-4-13-5-6-17-15(8-13)16(7-12(2)23-17)18(25)24(3)11-14-9-21-19(20)22-10-14/h5-10H,4,11H2,1-3H3,(H2,20,21,22). The zero-order valence-corrected chi connectivity index (χ0v) is 14.7. The highest BCUT2D eigenvalue weighted by Crippen LogP contribution is 2.22. The predicted molar refractivity (Wildman–Crippen MR) is 98.1 cm³/mol. The number of benzene rings is 1. The molecule has 3 rings (SSSR count). The first-order valence-electron chi connectivity index (χ1n) is 8.20. The Morgan fingerprint density at radius 1 is 1.16 bits per heavy atom. The van der Waals surface area contributed by atoms with Crippen molar-refractivity contribution in [2.24, 2.45) is 0 Å². The van der Waals surface area contributed by atoms with Crippen LogP contribution in [0.25, 0.3) is 10.9 Å². The van der Waals surface area contributed by atoms with E-state index in [9.17, 15) is 4.79 Å². The molecule has 0 saturated carbocycles. The van der Waals surface area contributed by atoms with Crippen molar-refractivity contribution in [2.75, 3.05) is 12.8 Å². The summed E-state index contributed by atoms with van der Waals surface area (Å²) >= 11 is 0. The number of rotatable bonds is 4. The van der Waals surface area contributed by atoms with E-state index in [0.29, 0.717) is 12.1 Å². The molecule has 0 aliphatic carbocycles. The third kappa shape index (κ3) is 3.57. The quantitative estimate of drug-likeness (QED) is 0.792. The molecule has 1 amide bonds. The van der Waals surface area contributed by atoms with Gasteiger partial charge in [0.2, 0.25) is 5.95 Å². The molecule has 128 valence electrons. The Morgan fingerprint density at radius 3 is 2.56 bits per heavy atom. The van der Waals surface area contributed by atoms with Crippen LogP contribution in [0.3, 0.4) is 0 Å². The van der Waals surface area contributed by atoms with Crippen LogP contribution in [-0.4, -0.2) is 32.8 Å². The molecule has 0 aliphatic heterocycles. The van der Waals surface area contributed by atoms with Gasteiger partial charge < -0.3 is 10.6 Å². The highest BCUT2D eigenvalue weighted by molar-refractivity contribution is 6.06. The number of aryl methyl sites for hydroxylation is 2. The van der Waals surface area contributed by atoms with Crippen LogP contribution in [0.15, 0.2) is 36.7 Å². The van der Waals surface area contributed by atoms with Crippen molar-refractivity contribution in [1.82, 2.24) is 19.9 Å². The number of nitrogens with two attached hydrogens (primary N) is 1. The molecule has 3 aromatic rings. The molecule has 25 heavy (non-hydrogen) atoms. The molecular formula is C19H21N5O. The van der Waals surface area contributed by atoms with Crippen LogP contribution in [0.2, 0.25) is 0 Å². The summed E-state index contributed by atoms with van der Waals surface area (Å²) < 4.78 is 0. The average Bonchev–Trinajstić information content (AvgIpc) is 2.61. The Bertz CT molecular complexity index is 921. The minimum Gasteiger partial charge on any atom is -0.368 e. The van der Waals surface area contributed by atoms with Gasteiger partial charge in [0.25, 0.3) is 5.91 Å². The van der Waals surface area contributed by atoms with Crippen molar-refractivity contribution in [1.29, 1.82) is 0 Å². The summed E-state index contributed by atoms with van der Waals surface area (Å²) in [5, 5.41) is 0.885. The molecule has 6 nitrogen and oxygen atoms in total. The molecular weight excluding hydrogens is 314 g/mol. The van der Waals surface area contributed by atoms with E-state index in [2.05, 4.69) is 34.0 Å². The molecule has 0 spiro atoms. The van der Waals surface area contributed by atoms with Crippen molar-refractivity contribution in [2.45, 2.75) is 26.8 Å². The van der Waals surface area contributed by atoms with E-state index in [-0.39, 0.29) is 11.9 Å². The minimum absolute atomic E-state index is 0.0550. The Morgan fingerprint density at radius 2 is 1.88 bits per heavy atom. The van der Waals surface area contributed by atoms with Gasteiger partial charge in [-0.05, 0) is 37.1 Å². The van der Waals surface area contributed by atoms with Gasteiger partial charge in [0.05, 0.1) is 11.1 Å². The van der Waals surface area contributed by atoms with Crippen LogP contribution < -0.4 is 5.73 Å². The van der Waals surface area contributed by atoms with Crippen LogP contribution >= 0.6 is 0 Å². The molecule has 0 atom stereocenters. The second-order valence-corrected chi connectivity index (χ2v) is 6.13. The molecule has 0 saturated heterocycles. The predicted octanol–water partition coefficient (Wildman–Crippen LogP) is 2.75. The molecule has 0 radical (unpaired) electrons. The SMILES string of the molecule is CCc1ccc2nc(C)cc(C(=O)N(C)Cc3cnc(N)nc3)c2c1. The number of hydrogen-bond donors (Lipinski definition) is 1. The monoisotopic (exact) mass is 335 g/mol. The van der Waals surface area contributed by atoms with Gasteiger partial charge in [-0.2, -0.15) is 0 Å². The summed E-state index contributed by atoms with van der Waals surface area (Å²) in [5.74, 6) is 0.168. The Kier molecular flexibility index (Phi) is 4.61. The Balaban J connectivity index is 1.96. The van der Waals surface area contributed by atoms with Crippen LogP contribution in [0.4, 0.5) is 5.95 Å². The molecule has 2 aromatic heterocycles. The largest absolute Gasteiger partial charge is 0.368 e. The highest BCUT2D eigenvalue weighted by atomic mass is 16.2. The second kappa shape index (κ2) is 6.84. The summed E-state index contributed by atoms with van der Waals surface area (Å²) in [5.41, 5.74) is 9.84. The van der Waals surface area contributed by atoms with Crippen molar-refractivity contribution < 1.29 is 4.79 Å². The Hall–Kier alpha value is -3.02. The first-order chi connectivity index (χ1) is 12.0. The number of carbonyl (C=O) groups is 1. The number of pyridine rings is 1. The van der Waals surface area contributed by atoms with Gasteiger partial charge in [0.1, 0.15) is 0 Å². The Labute approximate surface area is 146 Å². The first-order valence-corrected chi connectivity index (χ1v) is 8.20. The fraction of sp³-hybridized carbons (Fsp3) is 0.263. The van der Waals surface area contributed by atoms with Gasteiger partial charge in [-0.1, -0.05) is 13.0 Å². The van der Waals surface area contributed by atoms with E-state index in [1.807, 2.05) is 19.1 Å². The lowest BCUT2D eigenvalue weighted by Gasteiger charge is -2.18. The molecule has 0 aliphatic rings. The van der Waals surface area contributed by atoms with E-state index >= 15 is 0 Å². The lowest BCUT2D eigenvalue weighted by atomic mass is 10.0. The molecule has 0 unspecified atom stereocenters. The normalized spacial score (nSPS) is 10.8. The summed E-state index contributed by atoms with van der Waals surface area (Å²) in [6.45, 7) is 4.41. The van der Waals surface area contributed by atoms with Crippen molar-refractivity contribution in [3.8, 4) is 0 Å². The highest BCUT2D eigenvalue weighted by Gasteiger charge is 2.17. The van der Waals surface area contributed by atoms with Crippen molar-refractivity contribution in [3.63, 3.8) is 0 Å². The van der Waals surface area contributed by atoms with Crippen LogP contribution in [-0.2, 0) is 13.0 Å². The van der Waals surface area contributed by atoms with Crippen LogP contribution in [0.1, 0.15) is 34.1 Å². The third-order valence-electron chi connectivity index (χ3n) is 4.13. The maximum atomic E-state index is 13.0. The number of amides is 1. The zero-order chi connectivity index (χ0) is 18.0. The molecule has 6 heteroatoms. The smallest absolute Gasteiger partial charge is 0.254 e. The topological polar surface area (TPSA) is 85.0 Å². The summed E-state index contributed by atoms with van der Waals surface area (Å²) in [7, 11) is 1.77. The summed E-state index contributed by atoms with van der Waals surface area (Å²) in [6.07, 6.45) is 4.18. The number of carbonyl (C=O) groups excluding carboxylic acids is 1. The fourth-order valence-corrected chi connectivity index (χ4v) is 2.80. The average molecular weight is 335 g/mol. The third-order valence-corrected chi connectivity index (χ3v) is 4.13. The number of nitrogens with zero attached hydrogens (tertiary/aromatic N) is 4. The van der Waals surface area contributed by atoms with Gasteiger partial charge in [-0.15, -0.1) is 0 Å². The minimum atomic E-state index is -0.0550. The van der Waals surface area contributed by atoms with E-state index in [1.54, 1.807) is 24.3 Å². The van der Waals surface area contributed by atoms with Gasteiger partial charge in [0.15, 0.2) is 0 Å². The number of hydrogen-bond acceptors (Lipinski definition) is 5. The molecule has 1 aromatic carbocycles. The number of nitrogen functional groups attached to an aromatic ring is 1. The molecule has 2 heterocycles. The molecule has 2 N–H and O–H groups in total. The second-order valence-electron chi connectivity index (χ2n) is 6.13. The summed E-state index contributed by atoms with van der Waals surface area (Å²) in [4.78, 5) is 27.2. The van der Waals surface area contributed by atoms with E-state index in [1.165, 1.54) is 5.56 Å². The maximum Gasteiger partial charge on any atom is 0.254 e. The number of anilines is 1. The zero-order valence-electron chi connectivity index (χ0n) is 14.7.